The van der Waals surface area contributed by atoms with Gasteiger partial charge < -0.3 is 24.8 Å². The first-order valence-electron chi connectivity index (χ1n) is 13.9. The zero-order valence-corrected chi connectivity index (χ0v) is 27.5. The van der Waals surface area contributed by atoms with E-state index in [1.165, 1.54) is 40.7 Å². The Morgan fingerprint density at radius 3 is 2.08 bits per heavy atom. The first-order valence-corrected chi connectivity index (χ1v) is 22.6. The monoisotopic (exact) mass is 649 g/mol. The average molecular weight is 652 g/mol. The normalized spacial score (nSPS) is 17.0. The molecule has 0 nitrogen and oxygen atoms in total. The fourth-order valence-corrected chi connectivity index (χ4v) is 33.6. The van der Waals surface area contributed by atoms with E-state index < -0.39 is 26.8 Å². The van der Waals surface area contributed by atoms with Crippen LogP contribution in [0.4, 0.5) is 0 Å². The Morgan fingerprint density at radius 1 is 0.650 bits per heavy atom. The molecule has 0 saturated carbocycles. The second-order valence-corrected chi connectivity index (χ2v) is 25.9. The second-order valence-electron chi connectivity index (χ2n) is 10.9. The SMILES string of the molecule is CCCC1=Cc2c(ccc(-c3ccccc3)c2-c2ccccc2)[CH]1[Zr+2]1[c]2cccc3c2[SiH]1c1ccccc1-3.[Cl-].[Cl-]. The number of benzene rings is 5. The zero-order valence-electron chi connectivity index (χ0n) is 22.4. The summed E-state index contributed by atoms with van der Waals surface area (Å²) in [6.07, 6.45) is 5.08. The van der Waals surface area contributed by atoms with Crippen LogP contribution < -0.4 is 38.5 Å². The van der Waals surface area contributed by atoms with Crippen molar-refractivity contribution < 1.29 is 45.7 Å². The summed E-state index contributed by atoms with van der Waals surface area (Å²) < 4.78 is 2.51. The van der Waals surface area contributed by atoms with E-state index in [2.05, 4.69) is 128 Å². The van der Waals surface area contributed by atoms with Gasteiger partial charge >= 0.3 is 235 Å². The van der Waals surface area contributed by atoms with Crippen LogP contribution in [-0.4, -0.2) is 5.92 Å². The van der Waals surface area contributed by atoms with Gasteiger partial charge in [-0.05, 0) is 0 Å². The maximum atomic E-state index is 2.64. The third-order valence-corrected chi connectivity index (χ3v) is 31.1. The van der Waals surface area contributed by atoms with Crippen LogP contribution in [0.1, 0.15) is 34.5 Å². The first kappa shape index (κ1) is 27.7. The van der Waals surface area contributed by atoms with E-state index in [0.29, 0.717) is 3.63 Å². The van der Waals surface area contributed by atoms with E-state index in [4.69, 9.17) is 0 Å². The van der Waals surface area contributed by atoms with E-state index in [1.54, 1.807) is 27.5 Å². The van der Waals surface area contributed by atoms with Gasteiger partial charge in [0.1, 0.15) is 0 Å². The van der Waals surface area contributed by atoms with Gasteiger partial charge in [0.25, 0.3) is 0 Å². The summed E-state index contributed by atoms with van der Waals surface area (Å²) >= 11 is -1.98. The van der Waals surface area contributed by atoms with Crippen LogP contribution in [0.5, 0.6) is 0 Å². The smallest absolute Gasteiger partial charge is 1.00 e. The minimum Gasteiger partial charge on any atom is -1.00 e. The van der Waals surface area contributed by atoms with Crippen molar-refractivity contribution in [3.05, 3.63) is 132 Å². The van der Waals surface area contributed by atoms with Crippen molar-refractivity contribution in [3.8, 4) is 33.4 Å². The van der Waals surface area contributed by atoms with Crippen LogP contribution >= 0.6 is 0 Å². The summed E-state index contributed by atoms with van der Waals surface area (Å²) in [4.78, 5) is 0. The van der Waals surface area contributed by atoms with Gasteiger partial charge in [-0.2, -0.15) is 0 Å². The van der Waals surface area contributed by atoms with E-state index in [-0.39, 0.29) is 24.8 Å². The topological polar surface area (TPSA) is 0 Å². The van der Waals surface area contributed by atoms with Crippen LogP contribution in [0.15, 0.2) is 121 Å². The van der Waals surface area contributed by atoms with Crippen molar-refractivity contribution in [2.45, 2.75) is 23.4 Å². The molecular weight excluding hydrogens is 623 g/mol. The van der Waals surface area contributed by atoms with E-state index in [9.17, 15) is 0 Å². The summed E-state index contributed by atoms with van der Waals surface area (Å²) in [5.74, 6) is -1.08. The van der Waals surface area contributed by atoms with Gasteiger partial charge in [-0.15, -0.1) is 0 Å². The molecule has 2 unspecified atom stereocenters. The Hall–Kier alpha value is -2.48. The molecule has 0 amide bonds. The van der Waals surface area contributed by atoms with Crippen LogP contribution in [0.2, 0.25) is 0 Å². The molecule has 0 radical (unpaired) electrons. The fourth-order valence-electron chi connectivity index (χ4n) is 7.39. The Morgan fingerprint density at radius 2 is 1.32 bits per heavy atom. The van der Waals surface area contributed by atoms with Gasteiger partial charge in [-0.3, -0.25) is 0 Å². The number of rotatable bonds is 5. The van der Waals surface area contributed by atoms with Gasteiger partial charge in [0.15, 0.2) is 0 Å². The molecule has 2 heterocycles. The molecule has 3 aliphatic rings. The minimum atomic E-state index is -1.98. The summed E-state index contributed by atoms with van der Waals surface area (Å²) in [6, 6.07) is 43.8. The van der Waals surface area contributed by atoms with E-state index in [0.717, 1.165) is 0 Å². The molecule has 195 valence electrons. The molecule has 2 aliphatic heterocycles. The molecule has 40 heavy (non-hydrogen) atoms. The zero-order chi connectivity index (χ0) is 25.2. The number of hydrogen-bond acceptors (Lipinski definition) is 0. The molecule has 0 N–H and O–H groups in total. The third kappa shape index (κ3) is 4.03. The first-order chi connectivity index (χ1) is 18.8. The van der Waals surface area contributed by atoms with E-state index in [1.807, 2.05) is 8.46 Å². The molecular formula is C36H29Cl2SiZr. The summed E-state index contributed by atoms with van der Waals surface area (Å²) in [5.41, 5.74) is 13.4. The number of hydrogen-bond donors (Lipinski definition) is 0. The van der Waals surface area contributed by atoms with Crippen molar-refractivity contribution in [2.24, 2.45) is 0 Å². The Bertz CT molecular complexity index is 1750. The maximum absolute atomic E-state index is 2.64. The Kier molecular flexibility index (Phi) is 7.66. The summed E-state index contributed by atoms with van der Waals surface area (Å²) in [5, 5.41) is 3.57. The van der Waals surface area contributed by atoms with Crippen molar-refractivity contribution in [1.29, 1.82) is 0 Å². The maximum Gasteiger partial charge on any atom is -1.00 e. The van der Waals surface area contributed by atoms with Crippen molar-refractivity contribution in [1.82, 2.24) is 0 Å². The predicted molar refractivity (Wildman–Crippen MR) is 161 cm³/mol. The van der Waals surface area contributed by atoms with Crippen molar-refractivity contribution in [2.75, 3.05) is 0 Å². The molecule has 5 aromatic rings. The molecule has 0 saturated heterocycles. The van der Waals surface area contributed by atoms with Gasteiger partial charge in [0.2, 0.25) is 0 Å². The van der Waals surface area contributed by atoms with Gasteiger partial charge in [-0.25, -0.2) is 0 Å². The largest absolute Gasteiger partial charge is 1.00 e. The minimum absolute atomic E-state index is 0. The molecule has 8 rings (SSSR count). The van der Waals surface area contributed by atoms with Gasteiger partial charge in [0, 0.05) is 0 Å². The Labute approximate surface area is 258 Å². The van der Waals surface area contributed by atoms with Crippen LogP contribution in [0.3, 0.4) is 0 Å². The van der Waals surface area contributed by atoms with Crippen LogP contribution in [-0.2, 0) is 20.9 Å². The molecule has 0 fully saturated rings. The summed E-state index contributed by atoms with van der Waals surface area (Å²) in [6.45, 7) is 2.36. The molecule has 2 atom stereocenters. The molecule has 1 aliphatic carbocycles. The van der Waals surface area contributed by atoms with Crippen molar-refractivity contribution in [3.63, 3.8) is 0 Å². The number of halogens is 2. The average Bonchev–Trinajstić information content (AvgIpc) is 3.48. The molecule has 4 heteroatoms. The molecule has 0 aromatic heterocycles. The third-order valence-electron chi connectivity index (χ3n) is 8.87. The molecule has 0 bridgehead atoms. The number of allylic oxidation sites excluding steroid dienone is 1. The van der Waals surface area contributed by atoms with Gasteiger partial charge in [-0.1, -0.05) is 0 Å². The number of fused-ring (bicyclic) bond motifs is 4. The fraction of sp³-hybridized carbons (Fsp3) is 0.111. The van der Waals surface area contributed by atoms with Gasteiger partial charge in [0.05, 0.1) is 0 Å². The summed E-state index contributed by atoms with van der Waals surface area (Å²) in [7, 11) is 0. The second kappa shape index (κ2) is 11.1. The Balaban J connectivity index is 0.00000145. The quantitative estimate of drug-likeness (QED) is 0.250. The van der Waals surface area contributed by atoms with Crippen LogP contribution in [0.25, 0.3) is 39.5 Å². The molecule has 0 spiro atoms. The van der Waals surface area contributed by atoms with E-state index >= 15 is 0 Å². The standard InChI is InChI=1S/C24H21.C12H8Si.2ClH.Zr/c1-2-9-18-16-21-14-15-22(19-10-5-3-6-11-19)24(23(21)17-18)20-12-7-4-8-13-20;1-3-7-11-9(5-1)10-6-2-4-8-12(10)13-11;;;/h3-8,10-17H,2,9H2,1H3;1-7,13H;2*1H;/q;;;;+2/p-2. The molecule has 5 aromatic carbocycles. The van der Waals surface area contributed by atoms with Crippen LogP contribution in [0, 0.1) is 0 Å². The predicted octanol–water partition coefficient (Wildman–Crippen LogP) is 1.04. The van der Waals surface area contributed by atoms with Crippen molar-refractivity contribution >= 4 is 25.6 Å².